The predicted molar refractivity (Wildman–Crippen MR) is 86.1 cm³/mol. The largest absolute Gasteiger partial charge is 0.495 e. The molecular weight excluding hydrogens is 356 g/mol. The molecule has 2 rings (SSSR count). The van der Waals surface area contributed by atoms with Crippen molar-refractivity contribution in [3.63, 3.8) is 0 Å². The van der Waals surface area contributed by atoms with Gasteiger partial charge in [0.05, 0.1) is 7.11 Å². The van der Waals surface area contributed by atoms with Gasteiger partial charge < -0.3 is 10.1 Å². The van der Waals surface area contributed by atoms with Gasteiger partial charge in [-0.25, -0.2) is 13.1 Å². The predicted octanol–water partition coefficient (Wildman–Crippen LogP) is 2.13. The van der Waals surface area contributed by atoms with Crippen molar-refractivity contribution in [1.82, 2.24) is 10.0 Å². The van der Waals surface area contributed by atoms with E-state index in [0.29, 0.717) is 22.7 Å². The molecule has 0 radical (unpaired) electrons. The zero-order valence-corrected chi connectivity index (χ0v) is 14.5. The number of rotatable bonds is 6. The van der Waals surface area contributed by atoms with Gasteiger partial charge >= 0.3 is 0 Å². The van der Waals surface area contributed by atoms with Crippen LogP contribution >= 0.6 is 15.9 Å². The van der Waals surface area contributed by atoms with Crippen molar-refractivity contribution in [2.45, 2.75) is 24.2 Å². The van der Waals surface area contributed by atoms with Gasteiger partial charge in [0.1, 0.15) is 10.6 Å². The van der Waals surface area contributed by atoms with Gasteiger partial charge in [-0.1, -0.05) is 15.9 Å². The number of piperidine rings is 1. The molecule has 1 atom stereocenters. The first-order valence-corrected chi connectivity index (χ1v) is 9.34. The summed E-state index contributed by atoms with van der Waals surface area (Å²) in [6.07, 6.45) is 3.17. The fraction of sp³-hybridized carbons (Fsp3) is 0.571. The number of halogens is 1. The van der Waals surface area contributed by atoms with Crippen LogP contribution in [0.1, 0.15) is 19.3 Å². The molecule has 1 unspecified atom stereocenters. The van der Waals surface area contributed by atoms with Gasteiger partial charge in [-0.15, -0.1) is 0 Å². The van der Waals surface area contributed by atoms with Crippen LogP contribution in [0.4, 0.5) is 0 Å². The van der Waals surface area contributed by atoms with Crippen LogP contribution in [0.3, 0.4) is 0 Å². The molecule has 1 aromatic rings. The van der Waals surface area contributed by atoms with Crippen LogP contribution in [0.2, 0.25) is 0 Å². The summed E-state index contributed by atoms with van der Waals surface area (Å²) >= 11 is 3.29. The van der Waals surface area contributed by atoms with Crippen molar-refractivity contribution in [3.05, 3.63) is 22.7 Å². The molecule has 1 aliphatic heterocycles. The molecule has 0 aliphatic carbocycles. The third-order valence-corrected chi connectivity index (χ3v) is 5.63. The Morgan fingerprint density at radius 2 is 2.29 bits per heavy atom. The molecule has 0 bridgehead atoms. The highest BCUT2D eigenvalue weighted by molar-refractivity contribution is 9.10. The molecule has 7 heteroatoms. The van der Waals surface area contributed by atoms with Gasteiger partial charge in [-0.2, -0.15) is 0 Å². The number of hydrogen-bond donors (Lipinski definition) is 2. The van der Waals surface area contributed by atoms with Crippen molar-refractivity contribution in [1.29, 1.82) is 0 Å². The Balaban J connectivity index is 1.99. The molecule has 1 saturated heterocycles. The van der Waals surface area contributed by atoms with E-state index >= 15 is 0 Å². The van der Waals surface area contributed by atoms with Crippen LogP contribution in [0.5, 0.6) is 5.75 Å². The number of sulfonamides is 1. The molecular formula is C14H21BrN2O3S. The lowest BCUT2D eigenvalue weighted by atomic mass is 9.96. The number of ether oxygens (including phenoxy) is 1. The van der Waals surface area contributed by atoms with Gasteiger partial charge in [-0.05, 0) is 56.5 Å². The van der Waals surface area contributed by atoms with E-state index in [2.05, 4.69) is 26.0 Å². The van der Waals surface area contributed by atoms with Crippen molar-refractivity contribution < 1.29 is 13.2 Å². The Morgan fingerprint density at radius 3 is 2.95 bits per heavy atom. The van der Waals surface area contributed by atoms with Crippen LogP contribution in [0.15, 0.2) is 27.6 Å². The number of hydrogen-bond acceptors (Lipinski definition) is 4. The lowest BCUT2D eigenvalue weighted by Gasteiger charge is -2.22. The molecule has 5 nitrogen and oxygen atoms in total. The number of benzene rings is 1. The zero-order valence-electron chi connectivity index (χ0n) is 12.1. The Hall–Kier alpha value is -0.630. The average molecular weight is 377 g/mol. The maximum absolute atomic E-state index is 12.4. The normalized spacial score (nSPS) is 19.4. The maximum atomic E-state index is 12.4. The lowest BCUT2D eigenvalue weighted by molar-refractivity contribution is 0.358. The molecule has 1 fully saturated rings. The lowest BCUT2D eigenvalue weighted by Crippen LogP contribution is -2.33. The summed E-state index contributed by atoms with van der Waals surface area (Å²) < 4.78 is 33.3. The van der Waals surface area contributed by atoms with Crippen molar-refractivity contribution in [3.8, 4) is 5.75 Å². The topological polar surface area (TPSA) is 67.4 Å². The third kappa shape index (κ3) is 4.67. The van der Waals surface area contributed by atoms with E-state index in [0.717, 1.165) is 32.4 Å². The highest BCUT2D eigenvalue weighted by Crippen LogP contribution is 2.27. The summed E-state index contributed by atoms with van der Waals surface area (Å²) in [5.74, 6) is 0.899. The van der Waals surface area contributed by atoms with E-state index in [1.54, 1.807) is 18.2 Å². The summed E-state index contributed by atoms with van der Waals surface area (Å²) in [5, 5.41) is 3.34. The second-order valence-corrected chi connectivity index (χ2v) is 7.85. The standard InChI is InChI=1S/C14H21BrN2O3S/c1-20-13-5-4-12(15)9-14(13)21(18,19)17-8-6-11-3-2-7-16-10-11/h4-5,9,11,16-17H,2-3,6-8,10H2,1H3. The minimum absolute atomic E-state index is 0.168. The third-order valence-electron chi connectivity index (χ3n) is 3.66. The Bertz CT molecular complexity index is 572. The Labute approximate surface area is 134 Å². The van der Waals surface area contributed by atoms with Crippen LogP contribution in [0.25, 0.3) is 0 Å². The first-order valence-electron chi connectivity index (χ1n) is 7.07. The molecule has 1 aromatic carbocycles. The van der Waals surface area contributed by atoms with Crippen molar-refractivity contribution in [2.75, 3.05) is 26.7 Å². The van der Waals surface area contributed by atoms with E-state index < -0.39 is 10.0 Å². The summed E-state index contributed by atoms with van der Waals surface area (Å²) in [4.78, 5) is 0.168. The monoisotopic (exact) mass is 376 g/mol. The van der Waals surface area contributed by atoms with Gasteiger partial charge in [0, 0.05) is 11.0 Å². The molecule has 21 heavy (non-hydrogen) atoms. The highest BCUT2D eigenvalue weighted by atomic mass is 79.9. The second kappa shape index (κ2) is 7.58. The minimum Gasteiger partial charge on any atom is -0.495 e. The maximum Gasteiger partial charge on any atom is 0.244 e. The first kappa shape index (κ1) is 16.7. The smallest absolute Gasteiger partial charge is 0.244 e. The summed E-state index contributed by atoms with van der Waals surface area (Å²) in [6, 6.07) is 4.96. The van der Waals surface area contributed by atoms with Crippen molar-refractivity contribution >= 4 is 26.0 Å². The van der Waals surface area contributed by atoms with Gasteiger partial charge in [0.25, 0.3) is 0 Å². The fourth-order valence-electron chi connectivity index (χ4n) is 2.51. The molecule has 118 valence electrons. The quantitative estimate of drug-likeness (QED) is 0.797. The molecule has 0 aromatic heterocycles. The zero-order chi connectivity index (χ0) is 15.3. The van der Waals surface area contributed by atoms with Gasteiger partial charge in [-0.3, -0.25) is 0 Å². The molecule has 0 spiro atoms. The van der Waals surface area contributed by atoms with Crippen LogP contribution in [-0.4, -0.2) is 35.2 Å². The molecule has 2 N–H and O–H groups in total. The summed E-state index contributed by atoms with van der Waals surface area (Å²) in [5.41, 5.74) is 0. The minimum atomic E-state index is -3.55. The van der Waals surface area contributed by atoms with Gasteiger partial charge in [0.2, 0.25) is 10.0 Å². The summed E-state index contributed by atoms with van der Waals surface area (Å²) in [7, 11) is -2.08. The molecule has 0 saturated carbocycles. The average Bonchev–Trinajstić information content (AvgIpc) is 2.48. The first-order chi connectivity index (χ1) is 10.0. The van der Waals surface area contributed by atoms with Crippen LogP contribution in [0, 0.1) is 5.92 Å². The summed E-state index contributed by atoms with van der Waals surface area (Å²) in [6.45, 7) is 2.49. The fourth-order valence-corrected chi connectivity index (χ4v) is 4.26. The van der Waals surface area contributed by atoms with Gasteiger partial charge in [0.15, 0.2) is 0 Å². The van der Waals surface area contributed by atoms with E-state index in [-0.39, 0.29) is 4.90 Å². The van der Waals surface area contributed by atoms with Crippen LogP contribution in [-0.2, 0) is 10.0 Å². The molecule has 1 heterocycles. The van der Waals surface area contributed by atoms with E-state index in [1.807, 2.05) is 0 Å². The number of nitrogens with one attached hydrogen (secondary N) is 2. The van der Waals surface area contributed by atoms with E-state index in [4.69, 9.17) is 4.74 Å². The molecule has 0 amide bonds. The Morgan fingerprint density at radius 1 is 1.48 bits per heavy atom. The SMILES string of the molecule is COc1ccc(Br)cc1S(=O)(=O)NCCC1CCCNC1. The van der Waals surface area contributed by atoms with E-state index in [9.17, 15) is 8.42 Å². The molecule has 1 aliphatic rings. The highest BCUT2D eigenvalue weighted by Gasteiger charge is 2.20. The second-order valence-electron chi connectivity index (χ2n) is 5.19. The number of methoxy groups -OCH3 is 1. The van der Waals surface area contributed by atoms with E-state index in [1.165, 1.54) is 7.11 Å². The van der Waals surface area contributed by atoms with Crippen LogP contribution < -0.4 is 14.8 Å². The Kier molecular flexibility index (Phi) is 6.04. The van der Waals surface area contributed by atoms with Crippen molar-refractivity contribution in [2.24, 2.45) is 5.92 Å².